The molecule has 1 saturated carbocycles. The van der Waals surface area contributed by atoms with Crippen LogP contribution in [0.5, 0.6) is 5.75 Å². The Labute approximate surface area is 203 Å². The summed E-state index contributed by atoms with van der Waals surface area (Å²) in [5, 5.41) is 0.702. The minimum atomic E-state index is -3.88. The fourth-order valence-corrected chi connectivity index (χ4v) is 5.54. The van der Waals surface area contributed by atoms with E-state index in [1.165, 1.54) is 66.8 Å². The second kappa shape index (κ2) is 9.22. The number of nitrogens with zero attached hydrogens (tertiary/aromatic N) is 1. The summed E-state index contributed by atoms with van der Waals surface area (Å²) in [4.78, 5) is 4.65. The standard InChI is InChI=1S/C27H22F5NOS/c1-15-2-4-16(5-3-15)18-8-11-23-24(12-18)35-26(33-23)17-6-9-19(10-7-17)27(31,32)34-20-13-21(28)25(30)22(29)14-20/h6-16H,2-5H2,1H3. The fraction of sp³-hybridized carbons (Fsp3) is 0.296. The molecule has 1 fully saturated rings. The number of fused-ring (bicyclic) bond motifs is 1. The largest absolute Gasteiger partial charge is 0.429 e. The number of ether oxygens (including phenoxy) is 1. The molecule has 1 aromatic heterocycles. The predicted octanol–water partition coefficient (Wildman–Crippen LogP) is 8.80. The quantitative estimate of drug-likeness (QED) is 0.201. The van der Waals surface area contributed by atoms with Crippen LogP contribution in [-0.2, 0) is 6.11 Å². The van der Waals surface area contributed by atoms with Crippen LogP contribution in [0.4, 0.5) is 22.0 Å². The average Bonchev–Trinajstić information content (AvgIpc) is 3.26. The molecule has 0 bridgehead atoms. The van der Waals surface area contributed by atoms with E-state index in [1.54, 1.807) is 0 Å². The Hall–Kier alpha value is -3.00. The van der Waals surface area contributed by atoms with Gasteiger partial charge in [-0.3, -0.25) is 0 Å². The Morgan fingerprint density at radius 2 is 1.54 bits per heavy atom. The third-order valence-corrected chi connectivity index (χ3v) is 7.64. The summed E-state index contributed by atoms with van der Waals surface area (Å²) in [5.74, 6) is -4.44. The molecule has 5 rings (SSSR count). The molecule has 4 aromatic rings. The first-order chi connectivity index (χ1) is 16.7. The van der Waals surface area contributed by atoms with E-state index in [-0.39, 0.29) is 0 Å². The Balaban J connectivity index is 1.35. The summed E-state index contributed by atoms with van der Waals surface area (Å²) in [6, 6.07) is 12.4. The molecular formula is C27H22F5NOS. The molecule has 8 heteroatoms. The van der Waals surface area contributed by atoms with Crippen LogP contribution in [0.2, 0.25) is 0 Å². The fourth-order valence-electron chi connectivity index (χ4n) is 4.52. The van der Waals surface area contributed by atoms with Crippen LogP contribution >= 0.6 is 11.3 Å². The summed E-state index contributed by atoms with van der Waals surface area (Å²) in [7, 11) is 0. The molecule has 1 aliphatic carbocycles. The molecule has 1 heterocycles. The summed E-state index contributed by atoms with van der Waals surface area (Å²) >= 11 is 1.50. The summed E-state index contributed by atoms with van der Waals surface area (Å²) in [6.45, 7) is 2.30. The highest BCUT2D eigenvalue weighted by Crippen LogP contribution is 2.39. The lowest BCUT2D eigenvalue weighted by Crippen LogP contribution is -2.22. The van der Waals surface area contributed by atoms with Gasteiger partial charge in [-0.05, 0) is 54.5 Å². The highest BCUT2D eigenvalue weighted by atomic mass is 32.1. The minimum Gasteiger partial charge on any atom is -0.429 e. The SMILES string of the molecule is CC1CCC(c2ccc3nc(-c4ccc(C(F)(F)Oc5cc(F)c(F)c(F)c5)cc4)sc3c2)CC1. The van der Waals surface area contributed by atoms with Crippen molar-refractivity contribution in [3.8, 4) is 16.3 Å². The van der Waals surface area contributed by atoms with Gasteiger partial charge in [0.1, 0.15) is 10.8 Å². The molecule has 182 valence electrons. The van der Waals surface area contributed by atoms with Gasteiger partial charge in [0.05, 0.1) is 15.8 Å². The average molecular weight is 504 g/mol. The van der Waals surface area contributed by atoms with Crippen molar-refractivity contribution in [2.75, 3.05) is 0 Å². The highest BCUT2D eigenvalue weighted by Gasteiger charge is 2.35. The first-order valence-electron chi connectivity index (χ1n) is 11.4. The van der Waals surface area contributed by atoms with Crippen LogP contribution in [-0.4, -0.2) is 4.98 Å². The number of hydrogen-bond donors (Lipinski definition) is 0. The van der Waals surface area contributed by atoms with Crippen LogP contribution in [0.3, 0.4) is 0 Å². The van der Waals surface area contributed by atoms with Crippen molar-refractivity contribution < 1.29 is 26.7 Å². The third kappa shape index (κ3) is 4.89. The van der Waals surface area contributed by atoms with E-state index in [0.717, 1.165) is 16.1 Å². The molecule has 0 N–H and O–H groups in total. The Morgan fingerprint density at radius 3 is 2.20 bits per heavy atom. The van der Waals surface area contributed by atoms with E-state index < -0.39 is 34.9 Å². The maximum Gasteiger partial charge on any atom is 0.426 e. The predicted molar refractivity (Wildman–Crippen MR) is 126 cm³/mol. The van der Waals surface area contributed by atoms with E-state index in [9.17, 15) is 22.0 Å². The van der Waals surface area contributed by atoms with Crippen molar-refractivity contribution in [2.24, 2.45) is 5.92 Å². The summed E-state index contributed by atoms with van der Waals surface area (Å²) < 4.78 is 74.5. The van der Waals surface area contributed by atoms with Crippen molar-refractivity contribution in [3.63, 3.8) is 0 Å². The van der Waals surface area contributed by atoms with Crippen LogP contribution in [0.15, 0.2) is 54.6 Å². The highest BCUT2D eigenvalue weighted by molar-refractivity contribution is 7.21. The first kappa shape index (κ1) is 23.7. The van der Waals surface area contributed by atoms with E-state index in [1.807, 2.05) is 6.07 Å². The lowest BCUT2D eigenvalue weighted by Gasteiger charge is -2.26. The molecule has 0 saturated heterocycles. The number of halogens is 5. The third-order valence-electron chi connectivity index (χ3n) is 6.57. The molecule has 0 amide bonds. The first-order valence-corrected chi connectivity index (χ1v) is 12.2. The number of rotatable bonds is 5. The molecule has 0 spiro atoms. The van der Waals surface area contributed by atoms with Crippen molar-refractivity contribution >= 4 is 21.6 Å². The molecule has 2 nitrogen and oxygen atoms in total. The number of alkyl halides is 2. The van der Waals surface area contributed by atoms with Gasteiger partial charge in [0.2, 0.25) is 0 Å². The van der Waals surface area contributed by atoms with Crippen molar-refractivity contribution in [3.05, 3.63) is 83.2 Å². The van der Waals surface area contributed by atoms with Crippen molar-refractivity contribution in [1.82, 2.24) is 4.98 Å². The Morgan fingerprint density at radius 1 is 0.886 bits per heavy atom. The molecule has 0 atom stereocenters. The minimum absolute atomic E-state index is 0.379. The van der Waals surface area contributed by atoms with Gasteiger partial charge < -0.3 is 4.74 Å². The smallest absolute Gasteiger partial charge is 0.426 e. The van der Waals surface area contributed by atoms with E-state index in [2.05, 4.69) is 28.8 Å². The second-order valence-corrected chi connectivity index (χ2v) is 10.1. The summed E-state index contributed by atoms with van der Waals surface area (Å²) in [5.41, 5.74) is 2.33. The van der Waals surface area contributed by atoms with Gasteiger partial charge in [-0.15, -0.1) is 11.3 Å². The topological polar surface area (TPSA) is 22.1 Å². The normalized spacial score (nSPS) is 18.7. The van der Waals surface area contributed by atoms with Gasteiger partial charge >= 0.3 is 6.11 Å². The van der Waals surface area contributed by atoms with Gasteiger partial charge in [-0.25, -0.2) is 18.2 Å². The molecule has 0 unspecified atom stereocenters. The molecule has 1 aliphatic rings. The van der Waals surface area contributed by atoms with Gasteiger partial charge in [-0.2, -0.15) is 8.78 Å². The van der Waals surface area contributed by atoms with E-state index >= 15 is 0 Å². The monoisotopic (exact) mass is 503 g/mol. The molecule has 0 aliphatic heterocycles. The molecule has 35 heavy (non-hydrogen) atoms. The van der Waals surface area contributed by atoms with Gasteiger partial charge in [0, 0.05) is 17.7 Å². The number of benzene rings is 3. The van der Waals surface area contributed by atoms with Gasteiger partial charge in [0.15, 0.2) is 17.5 Å². The zero-order chi connectivity index (χ0) is 24.7. The Kier molecular flexibility index (Phi) is 6.25. The molecule has 0 radical (unpaired) electrons. The van der Waals surface area contributed by atoms with Crippen molar-refractivity contribution in [2.45, 2.75) is 44.6 Å². The lowest BCUT2D eigenvalue weighted by atomic mass is 9.79. The number of thiazole rings is 1. The van der Waals surface area contributed by atoms with Gasteiger partial charge in [-0.1, -0.05) is 38.0 Å². The maximum absolute atomic E-state index is 14.6. The Bertz CT molecular complexity index is 1340. The van der Waals surface area contributed by atoms with Gasteiger partial charge in [0.25, 0.3) is 0 Å². The number of aromatic nitrogens is 1. The zero-order valence-electron chi connectivity index (χ0n) is 18.8. The lowest BCUT2D eigenvalue weighted by molar-refractivity contribution is -0.185. The zero-order valence-corrected chi connectivity index (χ0v) is 19.6. The van der Waals surface area contributed by atoms with E-state index in [0.29, 0.717) is 28.6 Å². The van der Waals surface area contributed by atoms with Crippen molar-refractivity contribution in [1.29, 1.82) is 0 Å². The van der Waals surface area contributed by atoms with E-state index in [4.69, 9.17) is 0 Å². The van der Waals surface area contributed by atoms with Crippen LogP contribution in [0.25, 0.3) is 20.8 Å². The second-order valence-electron chi connectivity index (χ2n) is 9.10. The maximum atomic E-state index is 14.6. The molecular weight excluding hydrogens is 481 g/mol. The van der Waals surface area contributed by atoms with Crippen LogP contribution in [0, 0.1) is 23.4 Å². The summed E-state index contributed by atoms with van der Waals surface area (Å²) in [6.07, 6.45) is 0.973. The molecule has 3 aromatic carbocycles. The number of hydrogen-bond acceptors (Lipinski definition) is 3. The van der Waals surface area contributed by atoms with Crippen LogP contribution in [0.1, 0.15) is 49.7 Å². The van der Waals surface area contributed by atoms with Crippen LogP contribution < -0.4 is 4.74 Å².